The molecule has 0 unspecified atom stereocenters. The van der Waals surface area contributed by atoms with Crippen LogP contribution in [-0.4, -0.2) is 28.8 Å². The van der Waals surface area contributed by atoms with Gasteiger partial charge in [0.1, 0.15) is 0 Å². The molecule has 4 heteroatoms. The number of hydrogen-bond donors (Lipinski definition) is 1. The Hall–Kier alpha value is -3.37. The maximum atomic E-state index is 5.95. The lowest BCUT2D eigenvalue weighted by atomic mass is 9.93. The van der Waals surface area contributed by atoms with Crippen molar-refractivity contribution in [1.29, 1.82) is 0 Å². The highest BCUT2D eigenvalue weighted by Crippen LogP contribution is 2.34. The number of allylic oxidation sites excluding steroid dienone is 3. The van der Waals surface area contributed by atoms with Crippen LogP contribution in [0.3, 0.4) is 0 Å². The van der Waals surface area contributed by atoms with Crippen molar-refractivity contribution >= 4 is 24.9 Å². The van der Waals surface area contributed by atoms with Gasteiger partial charge >= 0.3 is 7.55 Å². The Kier molecular flexibility index (Phi) is 4.85. The van der Waals surface area contributed by atoms with Crippen molar-refractivity contribution in [2.24, 2.45) is 5.73 Å². The predicted octanol–water partition coefficient (Wildman–Crippen LogP) is 4.47. The van der Waals surface area contributed by atoms with Crippen LogP contribution in [0.2, 0.25) is 0 Å². The number of aromatic nitrogens is 1. The third kappa shape index (κ3) is 3.19. The highest BCUT2D eigenvalue weighted by molar-refractivity contribution is 6.30. The molecule has 3 nitrogen and oxygen atoms in total. The number of fused-ring (bicyclic) bond motifs is 2. The predicted molar refractivity (Wildman–Crippen MR) is 128 cm³/mol. The van der Waals surface area contributed by atoms with E-state index in [1.54, 1.807) is 0 Å². The van der Waals surface area contributed by atoms with Crippen LogP contribution in [0.5, 0.6) is 0 Å². The average molecular weight is 390 g/mol. The van der Waals surface area contributed by atoms with Crippen LogP contribution in [0.15, 0.2) is 96.3 Å². The van der Waals surface area contributed by atoms with E-state index in [0.717, 1.165) is 14.0 Å². The van der Waals surface area contributed by atoms with E-state index in [0.29, 0.717) is 6.54 Å². The van der Waals surface area contributed by atoms with Gasteiger partial charge in [0.2, 0.25) is 0 Å². The smallest absolute Gasteiger partial charge is 0.330 e. The first-order valence-electron chi connectivity index (χ1n) is 10.5. The molecule has 0 saturated carbocycles. The molecule has 0 atom stereocenters. The molecule has 1 aromatic heterocycles. The van der Waals surface area contributed by atoms with Gasteiger partial charge in [0.05, 0.1) is 0 Å². The van der Waals surface area contributed by atoms with Gasteiger partial charge in [-0.3, -0.25) is 4.49 Å². The second kappa shape index (κ2) is 7.81. The zero-order chi connectivity index (χ0) is 20.5. The van der Waals surface area contributed by atoms with Crippen molar-refractivity contribution in [1.82, 2.24) is 4.48 Å². The van der Waals surface area contributed by atoms with Crippen LogP contribution < -0.4 is 5.73 Å². The van der Waals surface area contributed by atoms with Crippen molar-refractivity contribution in [3.63, 3.8) is 0 Å². The summed E-state index contributed by atoms with van der Waals surface area (Å²) in [5.74, 6) is 0. The van der Waals surface area contributed by atoms with Crippen molar-refractivity contribution in [2.75, 3.05) is 6.54 Å². The summed E-state index contributed by atoms with van der Waals surface area (Å²) in [5.41, 5.74) is 16.1. The van der Waals surface area contributed by atoms with Crippen LogP contribution in [0.1, 0.15) is 24.6 Å². The van der Waals surface area contributed by atoms with Crippen LogP contribution in [0.25, 0.3) is 22.8 Å². The SMILES string of the molecule is CC1=CC(/C=C/c2ccccc2-c2ccccc2)=[N+]2Bn3cccc3C(CCN)=C12. The molecule has 0 radical (unpaired) electrons. The van der Waals surface area contributed by atoms with E-state index in [9.17, 15) is 0 Å². The maximum Gasteiger partial charge on any atom is 0.604 e. The van der Waals surface area contributed by atoms with Gasteiger partial charge in [0, 0.05) is 29.0 Å². The van der Waals surface area contributed by atoms with Gasteiger partial charge in [0.15, 0.2) is 11.4 Å². The first kappa shape index (κ1) is 18.7. The number of hydrogen-bond acceptors (Lipinski definition) is 1. The first-order chi connectivity index (χ1) is 14.8. The summed E-state index contributed by atoms with van der Waals surface area (Å²) < 4.78 is 4.72. The van der Waals surface area contributed by atoms with E-state index >= 15 is 0 Å². The molecule has 2 aliphatic rings. The molecule has 0 aliphatic carbocycles. The summed E-state index contributed by atoms with van der Waals surface area (Å²) in [7, 11) is 0.833. The fourth-order valence-corrected chi connectivity index (χ4v) is 4.58. The van der Waals surface area contributed by atoms with E-state index in [2.05, 4.69) is 107 Å². The van der Waals surface area contributed by atoms with Gasteiger partial charge in [0.25, 0.3) is 0 Å². The molecule has 2 N–H and O–H groups in total. The van der Waals surface area contributed by atoms with Gasteiger partial charge in [-0.25, -0.2) is 0 Å². The van der Waals surface area contributed by atoms with Gasteiger partial charge in [-0.15, -0.1) is 0 Å². The van der Waals surface area contributed by atoms with E-state index in [4.69, 9.17) is 5.73 Å². The zero-order valence-corrected chi connectivity index (χ0v) is 17.3. The van der Waals surface area contributed by atoms with Gasteiger partial charge in [-0.1, -0.05) is 54.6 Å². The Labute approximate surface area is 178 Å². The standard InChI is InChI=1S/C26H25BN3/c1-19-18-22(30-26(19)24(15-16-28)25-12-7-17-29(25)27-30)14-13-21-10-5-6-11-23(21)20-8-3-2-4-9-20/h2-14,17-18,27H,15-16,28H2,1H3/q+1/b14-13+. The lowest BCUT2D eigenvalue weighted by Gasteiger charge is -2.18. The monoisotopic (exact) mass is 390 g/mol. The Morgan fingerprint density at radius 2 is 1.77 bits per heavy atom. The van der Waals surface area contributed by atoms with Crippen molar-refractivity contribution in [2.45, 2.75) is 13.3 Å². The molecule has 0 fully saturated rings. The van der Waals surface area contributed by atoms with Crippen molar-refractivity contribution in [3.05, 3.63) is 108 Å². The first-order valence-corrected chi connectivity index (χ1v) is 10.5. The average Bonchev–Trinajstić information content (AvgIpc) is 3.38. The van der Waals surface area contributed by atoms with Gasteiger partial charge < -0.3 is 10.2 Å². The molecule has 146 valence electrons. The van der Waals surface area contributed by atoms with Crippen LogP contribution in [-0.2, 0) is 0 Å². The number of benzene rings is 2. The molecule has 0 saturated heterocycles. The molecular weight excluding hydrogens is 365 g/mol. The molecular formula is C26H25BN3+. The largest absolute Gasteiger partial charge is 0.604 e. The van der Waals surface area contributed by atoms with Crippen LogP contribution >= 0.6 is 0 Å². The highest BCUT2D eigenvalue weighted by atomic mass is 15.1. The molecule has 0 amide bonds. The lowest BCUT2D eigenvalue weighted by molar-refractivity contribution is -0.314. The Morgan fingerprint density at radius 3 is 2.60 bits per heavy atom. The molecule has 0 bridgehead atoms. The molecule has 3 heterocycles. The molecule has 30 heavy (non-hydrogen) atoms. The van der Waals surface area contributed by atoms with Gasteiger partial charge in [-0.2, -0.15) is 0 Å². The van der Waals surface area contributed by atoms with Crippen molar-refractivity contribution < 1.29 is 4.49 Å². The summed E-state index contributed by atoms with van der Waals surface area (Å²) in [6.07, 6.45) is 9.81. The second-order valence-corrected chi connectivity index (χ2v) is 7.84. The number of nitrogens with two attached hydrogens (primary N) is 1. The van der Waals surface area contributed by atoms with Crippen LogP contribution in [0, 0.1) is 0 Å². The number of rotatable bonds is 5. The molecule has 5 rings (SSSR count). The van der Waals surface area contributed by atoms with E-state index in [1.165, 1.54) is 44.9 Å². The third-order valence-corrected chi connectivity index (χ3v) is 5.91. The Morgan fingerprint density at radius 1 is 0.967 bits per heavy atom. The molecule has 2 aliphatic heterocycles. The summed E-state index contributed by atoms with van der Waals surface area (Å²) in [4.78, 5) is 0. The van der Waals surface area contributed by atoms with Gasteiger partial charge in [-0.05, 0) is 61.0 Å². The topological polar surface area (TPSA) is 34.0 Å². The van der Waals surface area contributed by atoms with E-state index in [1.807, 2.05) is 0 Å². The molecule has 2 aromatic carbocycles. The van der Waals surface area contributed by atoms with Crippen molar-refractivity contribution in [3.8, 4) is 11.1 Å². The van der Waals surface area contributed by atoms with E-state index < -0.39 is 0 Å². The molecule has 3 aromatic rings. The zero-order valence-electron chi connectivity index (χ0n) is 17.3. The third-order valence-electron chi connectivity index (χ3n) is 5.91. The minimum Gasteiger partial charge on any atom is -0.330 e. The number of nitrogens with zero attached hydrogens (tertiary/aromatic N) is 2. The quantitative estimate of drug-likeness (QED) is 0.641. The Bertz CT molecular complexity index is 1230. The summed E-state index contributed by atoms with van der Waals surface area (Å²) >= 11 is 0. The summed E-state index contributed by atoms with van der Waals surface area (Å²) in [5, 5.41) is 0. The normalized spacial score (nSPS) is 15.3. The summed E-state index contributed by atoms with van der Waals surface area (Å²) in [6, 6.07) is 23.5. The highest BCUT2D eigenvalue weighted by Gasteiger charge is 2.36. The summed E-state index contributed by atoms with van der Waals surface area (Å²) in [6.45, 7) is 2.86. The Balaban J connectivity index is 1.57. The minimum atomic E-state index is 0.654. The fourth-order valence-electron chi connectivity index (χ4n) is 4.58. The maximum absolute atomic E-state index is 5.95. The fraction of sp³-hybridized carbons (Fsp3) is 0.115. The lowest BCUT2D eigenvalue weighted by Crippen LogP contribution is -2.31. The minimum absolute atomic E-state index is 0.654. The second-order valence-electron chi connectivity index (χ2n) is 7.84. The van der Waals surface area contributed by atoms with E-state index in [-0.39, 0.29) is 0 Å². The van der Waals surface area contributed by atoms with Crippen LogP contribution in [0.4, 0.5) is 0 Å². The molecule has 0 spiro atoms.